The van der Waals surface area contributed by atoms with Gasteiger partial charge in [0, 0.05) is 31.3 Å². The van der Waals surface area contributed by atoms with Crippen LogP contribution in [0.1, 0.15) is 28.5 Å². The molecule has 2 aliphatic heterocycles. The first-order valence-electron chi connectivity index (χ1n) is 10.2. The highest BCUT2D eigenvalue weighted by Crippen LogP contribution is 2.31. The fourth-order valence-corrected chi connectivity index (χ4v) is 3.59. The average molecular weight is 470 g/mol. The van der Waals surface area contributed by atoms with Crippen LogP contribution in [0.2, 0.25) is 0 Å². The summed E-state index contributed by atoms with van der Waals surface area (Å²) >= 11 is 0. The maximum atomic E-state index is 13.1. The summed E-state index contributed by atoms with van der Waals surface area (Å²) in [7, 11) is 4.09. The summed E-state index contributed by atoms with van der Waals surface area (Å²) in [6, 6.07) is 5.65. The van der Waals surface area contributed by atoms with Gasteiger partial charge in [0.05, 0.1) is 37.8 Å². The second-order valence-electron chi connectivity index (χ2n) is 7.91. The van der Waals surface area contributed by atoms with Crippen molar-refractivity contribution >= 4 is 11.9 Å². The Hall–Kier alpha value is -3.28. The molecule has 0 saturated heterocycles. The minimum atomic E-state index is -5.08. The molecule has 2 aromatic rings. The normalized spacial score (nSPS) is 17.5. The molecule has 0 saturated carbocycles. The first-order valence-corrected chi connectivity index (χ1v) is 10.2. The summed E-state index contributed by atoms with van der Waals surface area (Å²) in [5.74, 6) is -1.38. The molecule has 9 nitrogen and oxygen atoms in total. The number of nitrogens with zero attached hydrogens (tertiary/aromatic N) is 4. The summed E-state index contributed by atoms with van der Waals surface area (Å²) in [4.78, 5) is 30.3. The van der Waals surface area contributed by atoms with Gasteiger partial charge in [-0.1, -0.05) is 0 Å². The number of imidazole rings is 1. The third kappa shape index (κ3) is 6.15. The van der Waals surface area contributed by atoms with Gasteiger partial charge >= 0.3 is 12.1 Å². The van der Waals surface area contributed by atoms with Gasteiger partial charge < -0.3 is 28.9 Å². The van der Waals surface area contributed by atoms with E-state index in [2.05, 4.69) is 14.5 Å². The zero-order chi connectivity index (χ0) is 24.2. The zero-order valence-electron chi connectivity index (χ0n) is 18.2. The van der Waals surface area contributed by atoms with Crippen LogP contribution in [-0.2, 0) is 11.3 Å². The second kappa shape index (κ2) is 10.1. The van der Waals surface area contributed by atoms with Crippen LogP contribution in [0.5, 0.6) is 11.5 Å². The molecule has 0 spiro atoms. The number of carboxylic acids is 1. The van der Waals surface area contributed by atoms with Gasteiger partial charge in [-0.05, 0) is 32.3 Å². The molecular formula is C21H25F3N4O5. The van der Waals surface area contributed by atoms with E-state index in [-0.39, 0.29) is 11.9 Å². The van der Waals surface area contributed by atoms with E-state index in [1.807, 2.05) is 43.7 Å². The SMILES string of the molecule is CN(C)CC1CN(C(=O)c2ccc3c(c2)OCCCO3)Cc2cncn21.O=C(O)C(F)(F)F. The Labute approximate surface area is 188 Å². The molecule has 1 atom stereocenters. The summed E-state index contributed by atoms with van der Waals surface area (Å²) in [6.45, 7) is 3.33. The lowest BCUT2D eigenvalue weighted by molar-refractivity contribution is -0.192. The molecule has 1 aromatic heterocycles. The largest absolute Gasteiger partial charge is 0.490 e. The number of carbonyl (C=O) groups excluding carboxylic acids is 1. The molecule has 3 heterocycles. The van der Waals surface area contributed by atoms with Crippen molar-refractivity contribution in [2.75, 3.05) is 40.4 Å². The van der Waals surface area contributed by atoms with Crippen molar-refractivity contribution in [3.8, 4) is 11.5 Å². The van der Waals surface area contributed by atoms with E-state index >= 15 is 0 Å². The van der Waals surface area contributed by atoms with E-state index < -0.39 is 12.1 Å². The molecule has 1 amide bonds. The maximum Gasteiger partial charge on any atom is 0.490 e. The molecule has 4 rings (SSSR count). The molecule has 12 heteroatoms. The predicted octanol–water partition coefficient (Wildman–Crippen LogP) is 2.44. The van der Waals surface area contributed by atoms with E-state index in [0.717, 1.165) is 18.7 Å². The highest BCUT2D eigenvalue weighted by atomic mass is 19.4. The smallest absolute Gasteiger partial charge is 0.490 e. The van der Waals surface area contributed by atoms with Crippen LogP contribution < -0.4 is 9.47 Å². The predicted molar refractivity (Wildman–Crippen MR) is 110 cm³/mol. The average Bonchev–Trinajstić information content (AvgIpc) is 3.10. The number of benzene rings is 1. The lowest BCUT2D eigenvalue weighted by atomic mass is 10.1. The van der Waals surface area contributed by atoms with Crippen LogP contribution in [-0.4, -0.2) is 82.9 Å². The van der Waals surface area contributed by atoms with E-state index in [0.29, 0.717) is 43.4 Å². The lowest BCUT2D eigenvalue weighted by Crippen LogP contribution is -2.43. The first-order chi connectivity index (χ1) is 15.6. The summed E-state index contributed by atoms with van der Waals surface area (Å²) < 4.78 is 45.3. The number of ether oxygens (including phenoxy) is 2. The highest BCUT2D eigenvalue weighted by Gasteiger charge is 2.38. The summed E-state index contributed by atoms with van der Waals surface area (Å²) in [5.41, 5.74) is 1.69. The number of halogens is 3. The van der Waals surface area contributed by atoms with Gasteiger partial charge in [-0.3, -0.25) is 4.79 Å². The number of likely N-dealkylation sites (N-methyl/N-ethyl adjacent to an activating group) is 1. The Bertz CT molecular complexity index is 993. The quantitative estimate of drug-likeness (QED) is 0.736. The zero-order valence-corrected chi connectivity index (χ0v) is 18.2. The fraction of sp³-hybridized carbons (Fsp3) is 0.476. The topological polar surface area (TPSA) is 97.1 Å². The second-order valence-corrected chi connectivity index (χ2v) is 7.91. The van der Waals surface area contributed by atoms with Crippen molar-refractivity contribution in [3.05, 3.63) is 42.0 Å². The van der Waals surface area contributed by atoms with Crippen LogP contribution in [0.4, 0.5) is 13.2 Å². The minimum Gasteiger partial charge on any atom is -0.490 e. The fourth-order valence-electron chi connectivity index (χ4n) is 3.59. The van der Waals surface area contributed by atoms with Gasteiger partial charge in [0.25, 0.3) is 5.91 Å². The van der Waals surface area contributed by atoms with Crippen LogP contribution in [0.15, 0.2) is 30.7 Å². The molecular weight excluding hydrogens is 445 g/mol. The molecule has 1 aromatic carbocycles. The number of alkyl halides is 3. The number of carbonyl (C=O) groups is 2. The van der Waals surface area contributed by atoms with Crippen molar-refractivity contribution in [1.29, 1.82) is 0 Å². The van der Waals surface area contributed by atoms with E-state index in [4.69, 9.17) is 19.4 Å². The summed E-state index contributed by atoms with van der Waals surface area (Å²) in [6.07, 6.45) is -0.532. The van der Waals surface area contributed by atoms with Crippen LogP contribution in [0, 0.1) is 0 Å². The first kappa shape index (κ1) is 24.4. The standard InChI is InChI=1S/C19H24N4O3.C2HF3O2/c1-21(2)10-16-12-22(11-15-9-20-13-23(15)16)19(24)14-4-5-17-18(8-14)26-7-3-6-25-17;3-2(4,5)1(6)7/h4-5,8-9,13,16H,3,6-7,10-12H2,1-2H3;(H,6,7). The van der Waals surface area contributed by atoms with Crippen molar-refractivity contribution in [1.82, 2.24) is 19.4 Å². The van der Waals surface area contributed by atoms with Gasteiger partial charge in [-0.15, -0.1) is 0 Å². The van der Waals surface area contributed by atoms with Crippen LogP contribution >= 0.6 is 0 Å². The maximum absolute atomic E-state index is 13.1. The van der Waals surface area contributed by atoms with Gasteiger partial charge in [-0.25, -0.2) is 9.78 Å². The van der Waals surface area contributed by atoms with Gasteiger partial charge in [-0.2, -0.15) is 13.2 Å². The Morgan fingerprint density at radius 3 is 2.52 bits per heavy atom. The monoisotopic (exact) mass is 470 g/mol. The Kier molecular flexibility index (Phi) is 7.46. The van der Waals surface area contributed by atoms with E-state index in [1.54, 1.807) is 6.07 Å². The molecule has 1 unspecified atom stereocenters. The van der Waals surface area contributed by atoms with Gasteiger partial charge in [0.2, 0.25) is 0 Å². The van der Waals surface area contributed by atoms with Gasteiger partial charge in [0.1, 0.15) is 0 Å². The summed E-state index contributed by atoms with van der Waals surface area (Å²) in [5, 5.41) is 7.12. The van der Waals surface area contributed by atoms with Crippen LogP contribution in [0.3, 0.4) is 0 Å². The molecule has 0 aliphatic carbocycles. The van der Waals surface area contributed by atoms with E-state index in [1.165, 1.54) is 0 Å². The molecule has 1 N–H and O–H groups in total. The number of hydrogen-bond donors (Lipinski definition) is 1. The molecule has 2 aliphatic rings. The van der Waals surface area contributed by atoms with Crippen LogP contribution in [0.25, 0.3) is 0 Å². The number of carboxylic acid groups (broad SMARTS) is 1. The Morgan fingerprint density at radius 1 is 1.21 bits per heavy atom. The molecule has 0 radical (unpaired) electrons. The lowest BCUT2D eigenvalue weighted by Gasteiger charge is -2.35. The number of fused-ring (bicyclic) bond motifs is 2. The number of aliphatic carboxylic acids is 1. The van der Waals surface area contributed by atoms with Crippen molar-refractivity contribution in [2.45, 2.75) is 25.2 Å². The number of hydrogen-bond acceptors (Lipinski definition) is 6. The van der Waals surface area contributed by atoms with Crippen molar-refractivity contribution in [2.24, 2.45) is 0 Å². The Morgan fingerprint density at radius 2 is 1.88 bits per heavy atom. The molecule has 0 fully saturated rings. The van der Waals surface area contributed by atoms with Gasteiger partial charge in [0.15, 0.2) is 11.5 Å². The molecule has 180 valence electrons. The van der Waals surface area contributed by atoms with E-state index in [9.17, 15) is 18.0 Å². The number of amides is 1. The minimum absolute atomic E-state index is 0.0110. The Balaban J connectivity index is 0.000000383. The number of aromatic nitrogens is 2. The van der Waals surface area contributed by atoms with Crippen molar-refractivity contribution in [3.63, 3.8) is 0 Å². The third-order valence-electron chi connectivity index (χ3n) is 5.02. The highest BCUT2D eigenvalue weighted by molar-refractivity contribution is 5.95. The van der Waals surface area contributed by atoms with Crippen molar-refractivity contribution < 1.29 is 37.3 Å². The molecule has 0 bridgehead atoms. The number of rotatable bonds is 3. The molecule has 33 heavy (non-hydrogen) atoms. The third-order valence-corrected chi connectivity index (χ3v) is 5.02.